The van der Waals surface area contributed by atoms with Gasteiger partial charge in [-0.05, 0) is 55.4 Å². The molecule has 9 heteroatoms. The summed E-state index contributed by atoms with van der Waals surface area (Å²) < 4.78 is 28.0. The molecule has 37 heavy (non-hydrogen) atoms. The lowest BCUT2D eigenvalue weighted by Gasteiger charge is -2.32. The molecular weight excluding hydrogens is 492 g/mol. The molecule has 0 spiro atoms. The molecule has 0 unspecified atom stereocenters. The number of nitrogens with one attached hydrogen (secondary N) is 1. The van der Waals surface area contributed by atoms with Gasteiger partial charge in [-0.15, -0.1) is 11.8 Å². The maximum atomic E-state index is 13.2. The molecule has 8 nitrogen and oxygen atoms in total. The lowest BCUT2D eigenvalue weighted by atomic mass is 10.1. The number of fused-ring (bicyclic) bond motifs is 2. The molecular formula is C28H30N2O6S. The lowest BCUT2D eigenvalue weighted by Crippen LogP contribution is -2.33. The summed E-state index contributed by atoms with van der Waals surface area (Å²) in [6, 6.07) is 19.2. The van der Waals surface area contributed by atoms with Gasteiger partial charge >= 0.3 is 0 Å². The molecule has 3 aromatic carbocycles. The summed E-state index contributed by atoms with van der Waals surface area (Å²) in [5.41, 5.74) is 1.74. The van der Waals surface area contributed by atoms with E-state index in [1.165, 1.54) is 0 Å². The van der Waals surface area contributed by atoms with Crippen molar-refractivity contribution in [2.75, 3.05) is 52.2 Å². The summed E-state index contributed by atoms with van der Waals surface area (Å²) >= 11 is 1.54. The number of hydrogen-bond donors (Lipinski definition) is 1. The number of hydrogen-bond acceptors (Lipinski definition) is 8. The highest BCUT2D eigenvalue weighted by Gasteiger charge is 2.34. The van der Waals surface area contributed by atoms with E-state index in [0.717, 1.165) is 40.6 Å². The van der Waals surface area contributed by atoms with E-state index in [1.807, 2.05) is 67.7 Å². The number of likely N-dealkylation sites (N-methyl/N-ethyl adjacent to an activating group) is 1. The van der Waals surface area contributed by atoms with Crippen LogP contribution < -0.4 is 33.9 Å². The first-order valence-corrected chi connectivity index (χ1v) is 13.1. The molecule has 3 aromatic rings. The fourth-order valence-corrected chi connectivity index (χ4v) is 5.51. The Labute approximate surface area is 220 Å². The van der Waals surface area contributed by atoms with Gasteiger partial charge in [0.05, 0.1) is 19.4 Å². The SMILES string of the molecule is COc1ccc(OCCCNCCOc2ccc3c(c2)OCO3)c([C@@H]2Sc3ccccc3N(C)C2=O)c1. The summed E-state index contributed by atoms with van der Waals surface area (Å²) in [7, 11) is 3.44. The van der Waals surface area contributed by atoms with Crippen LogP contribution in [0.3, 0.4) is 0 Å². The highest BCUT2D eigenvalue weighted by molar-refractivity contribution is 8.00. The molecule has 0 aliphatic carbocycles. The van der Waals surface area contributed by atoms with E-state index in [9.17, 15) is 4.79 Å². The third-order valence-electron chi connectivity index (χ3n) is 6.17. The zero-order chi connectivity index (χ0) is 25.6. The van der Waals surface area contributed by atoms with Crippen molar-refractivity contribution in [3.05, 3.63) is 66.2 Å². The smallest absolute Gasteiger partial charge is 0.244 e. The number of amides is 1. The molecule has 0 saturated carbocycles. The number of anilines is 1. The predicted octanol–water partition coefficient (Wildman–Crippen LogP) is 4.67. The number of benzene rings is 3. The summed E-state index contributed by atoms with van der Waals surface area (Å²) in [6.45, 7) is 2.80. The van der Waals surface area contributed by atoms with Crippen LogP contribution in [-0.4, -0.2) is 53.2 Å². The Bertz CT molecular complexity index is 1250. The average molecular weight is 523 g/mol. The summed E-state index contributed by atoms with van der Waals surface area (Å²) in [5, 5.41) is 2.96. The Hall–Kier alpha value is -3.56. The third-order valence-corrected chi connectivity index (χ3v) is 7.46. The second kappa shape index (κ2) is 11.7. The summed E-state index contributed by atoms with van der Waals surface area (Å²) in [6.07, 6.45) is 0.810. The molecule has 0 radical (unpaired) electrons. The Morgan fingerprint density at radius 2 is 1.81 bits per heavy atom. The number of ether oxygens (including phenoxy) is 5. The van der Waals surface area contributed by atoms with Crippen LogP contribution >= 0.6 is 11.8 Å². The van der Waals surface area contributed by atoms with Crippen LogP contribution in [0.2, 0.25) is 0 Å². The van der Waals surface area contributed by atoms with Crippen LogP contribution in [0.25, 0.3) is 0 Å². The Kier molecular flexibility index (Phi) is 7.91. The standard InChI is InChI=1S/C28H30N2O6S/c1-30-22-6-3-4-7-26(22)37-27(28(30)31)21-16-19(32-2)8-10-23(21)34-14-5-12-29-13-15-33-20-9-11-24-25(17-20)36-18-35-24/h3-4,6-11,16-17,27,29H,5,12-15,18H2,1-2H3/t27-/m0/s1. The minimum Gasteiger partial charge on any atom is -0.497 e. The van der Waals surface area contributed by atoms with E-state index in [1.54, 1.807) is 23.8 Å². The maximum Gasteiger partial charge on any atom is 0.244 e. The van der Waals surface area contributed by atoms with Gasteiger partial charge in [-0.3, -0.25) is 4.79 Å². The van der Waals surface area contributed by atoms with Crippen molar-refractivity contribution in [3.63, 3.8) is 0 Å². The molecule has 194 valence electrons. The zero-order valence-electron chi connectivity index (χ0n) is 20.9. The molecule has 5 rings (SSSR count). The molecule has 2 aliphatic rings. The van der Waals surface area contributed by atoms with Crippen LogP contribution in [0.15, 0.2) is 65.6 Å². The van der Waals surface area contributed by atoms with Crippen LogP contribution in [0.1, 0.15) is 17.2 Å². The molecule has 0 fully saturated rings. The Morgan fingerprint density at radius 3 is 2.70 bits per heavy atom. The Balaban J connectivity index is 1.11. The molecule has 0 saturated heterocycles. The van der Waals surface area contributed by atoms with Gasteiger partial charge in [-0.25, -0.2) is 0 Å². The molecule has 2 heterocycles. The quantitative estimate of drug-likeness (QED) is 0.364. The lowest BCUT2D eigenvalue weighted by molar-refractivity contribution is -0.118. The third kappa shape index (κ3) is 5.73. The molecule has 1 atom stereocenters. The average Bonchev–Trinajstić information content (AvgIpc) is 3.40. The van der Waals surface area contributed by atoms with E-state index < -0.39 is 5.25 Å². The second-order valence-corrected chi connectivity index (χ2v) is 9.73. The highest BCUT2D eigenvalue weighted by atomic mass is 32.2. The van der Waals surface area contributed by atoms with E-state index in [2.05, 4.69) is 5.32 Å². The fourth-order valence-electron chi connectivity index (χ4n) is 4.20. The van der Waals surface area contributed by atoms with Crippen LogP contribution in [0.5, 0.6) is 28.7 Å². The van der Waals surface area contributed by atoms with Crippen molar-refractivity contribution >= 4 is 23.4 Å². The van der Waals surface area contributed by atoms with Crippen molar-refractivity contribution in [1.29, 1.82) is 0 Å². The number of carbonyl (C=O) groups excluding carboxylic acids is 1. The first-order chi connectivity index (χ1) is 18.1. The van der Waals surface area contributed by atoms with Gasteiger partial charge in [-0.2, -0.15) is 0 Å². The first kappa shape index (κ1) is 25.1. The van der Waals surface area contributed by atoms with Crippen molar-refractivity contribution in [2.24, 2.45) is 0 Å². The molecule has 0 bridgehead atoms. The topological polar surface area (TPSA) is 78.5 Å². The molecule has 2 aliphatic heterocycles. The van der Waals surface area contributed by atoms with Crippen LogP contribution in [0, 0.1) is 0 Å². The normalized spacial score (nSPS) is 15.9. The number of para-hydroxylation sites is 1. The highest BCUT2D eigenvalue weighted by Crippen LogP contribution is 2.48. The van der Waals surface area contributed by atoms with E-state index in [4.69, 9.17) is 23.7 Å². The van der Waals surface area contributed by atoms with Gasteiger partial charge < -0.3 is 33.9 Å². The maximum absolute atomic E-state index is 13.2. The van der Waals surface area contributed by atoms with E-state index in [0.29, 0.717) is 37.0 Å². The van der Waals surface area contributed by atoms with Gasteiger partial charge in [0, 0.05) is 30.1 Å². The van der Waals surface area contributed by atoms with Gasteiger partial charge in [0.2, 0.25) is 12.7 Å². The summed E-state index contributed by atoms with van der Waals surface area (Å²) in [5.74, 6) is 3.63. The van der Waals surface area contributed by atoms with Gasteiger partial charge in [0.25, 0.3) is 0 Å². The van der Waals surface area contributed by atoms with Crippen molar-refractivity contribution in [2.45, 2.75) is 16.6 Å². The number of nitrogens with zero attached hydrogens (tertiary/aromatic N) is 1. The fraction of sp³-hybridized carbons (Fsp3) is 0.321. The number of rotatable bonds is 11. The number of carbonyl (C=O) groups is 1. The molecule has 1 amide bonds. The van der Waals surface area contributed by atoms with Gasteiger partial charge in [0.1, 0.15) is 29.1 Å². The minimum absolute atomic E-state index is 0.0194. The molecule has 1 N–H and O–H groups in total. The van der Waals surface area contributed by atoms with Crippen LogP contribution in [-0.2, 0) is 4.79 Å². The number of thioether (sulfide) groups is 1. The van der Waals surface area contributed by atoms with E-state index >= 15 is 0 Å². The van der Waals surface area contributed by atoms with Gasteiger partial charge in [0.15, 0.2) is 11.5 Å². The Morgan fingerprint density at radius 1 is 0.973 bits per heavy atom. The molecule has 0 aromatic heterocycles. The second-order valence-electron chi connectivity index (χ2n) is 8.58. The van der Waals surface area contributed by atoms with E-state index in [-0.39, 0.29) is 12.7 Å². The first-order valence-electron chi connectivity index (χ1n) is 12.2. The monoisotopic (exact) mass is 522 g/mol. The van der Waals surface area contributed by atoms with Crippen molar-refractivity contribution in [3.8, 4) is 28.7 Å². The summed E-state index contributed by atoms with van der Waals surface area (Å²) in [4.78, 5) is 16.0. The number of methoxy groups -OCH3 is 1. The predicted molar refractivity (Wildman–Crippen MR) is 142 cm³/mol. The minimum atomic E-state index is -0.406. The van der Waals surface area contributed by atoms with Gasteiger partial charge in [-0.1, -0.05) is 12.1 Å². The van der Waals surface area contributed by atoms with Crippen LogP contribution in [0.4, 0.5) is 5.69 Å². The van der Waals surface area contributed by atoms with Crippen molar-refractivity contribution in [1.82, 2.24) is 5.32 Å². The largest absolute Gasteiger partial charge is 0.497 e. The van der Waals surface area contributed by atoms with Crippen molar-refractivity contribution < 1.29 is 28.5 Å². The zero-order valence-corrected chi connectivity index (χ0v) is 21.7.